The highest BCUT2D eigenvalue weighted by molar-refractivity contribution is 7.13. The third-order valence-corrected chi connectivity index (χ3v) is 1.82. The van der Waals surface area contributed by atoms with E-state index in [0.717, 1.165) is 0 Å². The fraction of sp³-hybridized carbons (Fsp3) is 0.500. The fourth-order valence-electron chi connectivity index (χ4n) is 0.650. The van der Waals surface area contributed by atoms with Crippen molar-refractivity contribution in [3.05, 3.63) is 5.51 Å². The predicted octanol–water partition coefficient (Wildman–Crippen LogP) is -0.516. The Hall–Kier alpha value is -1.05. The van der Waals surface area contributed by atoms with Crippen molar-refractivity contribution < 1.29 is 14.6 Å². The Bertz CT molecular complexity index is 264. The fourth-order valence-corrected chi connectivity index (χ4v) is 1.10. The number of aliphatic hydroxyl groups is 1. The number of hydrogen-bond acceptors (Lipinski definition) is 6. The molecule has 0 radical (unpaired) electrons. The van der Waals surface area contributed by atoms with Crippen LogP contribution in [0, 0.1) is 0 Å². The van der Waals surface area contributed by atoms with Gasteiger partial charge in [-0.25, -0.2) is 0 Å². The minimum atomic E-state index is -1.17. The molecule has 6 nitrogen and oxygen atoms in total. The first kappa shape index (κ1) is 10.0. The molecule has 1 amide bonds. The van der Waals surface area contributed by atoms with Gasteiger partial charge in [0.1, 0.15) is 5.51 Å². The Balaban J connectivity index is 2.41. The van der Waals surface area contributed by atoms with Crippen LogP contribution >= 0.6 is 11.3 Å². The molecule has 0 saturated heterocycles. The Morgan fingerprint density at radius 1 is 1.92 bits per heavy atom. The maximum absolute atomic E-state index is 11.1. The van der Waals surface area contributed by atoms with Crippen LogP contribution in [0.3, 0.4) is 0 Å². The second-order valence-corrected chi connectivity index (χ2v) is 3.04. The second-order valence-electron chi connectivity index (χ2n) is 2.20. The summed E-state index contributed by atoms with van der Waals surface area (Å²) in [7, 11) is 1.40. The van der Waals surface area contributed by atoms with Crippen LogP contribution in [0.2, 0.25) is 0 Å². The van der Waals surface area contributed by atoms with Crippen LogP contribution in [-0.2, 0) is 9.53 Å². The minimum absolute atomic E-state index is 0.0371. The third kappa shape index (κ3) is 3.05. The van der Waals surface area contributed by atoms with E-state index in [0.29, 0.717) is 5.13 Å². The van der Waals surface area contributed by atoms with E-state index in [1.54, 1.807) is 0 Å². The first-order valence-corrected chi connectivity index (χ1v) is 4.36. The summed E-state index contributed by atoms with van der Waals surface area (Å²) in [4.78, 5) is 11.1. The Morgan fingerprint density at radius 2 is 2.69 bits per heavy atom. The van der Waals surface area contributed by atoms with E-state index in [-0.39, 0.29) is 6.61 Å². The highest BCUT2D eigenvalue weighted by Gasteiger charge is 2.15. The molecule has 1 rings (SSSR count). The summed E-state index contributed by atoms with van der Waals surface area (Å²) in [5.74, 6) is -0.543. The smallest absolute Gasteiger partial charge is 0.257 e. The van der Waals surface area contributed by atoms with Gasteiger partial charge in [0, 0.05) is 7.11 Å². The molecule has 2 N–H and O–H groups in total. The van der Waals surface area contributed by atoms with E-state index < -0.39 is 12.0 Å². The van der Waals surface area contributed by atoms with Gasteiger partial charge in [-0.1, -0.05) is 11.3 Å². The highest BCUT2D eigenvalue weighted by Crippen LogP contribution is 2.07. The van der Waals surface area contributed by atoms with Gasteiger partial charge in [-0.05, 0) is 0 Å². The van der Waals surface area contributed by atoms with E-state index in [4.69, 9.17) is 5.11 Å². The average Bonchev–Trinajstić information content (AvgIpc) is 2.57. The monoisotopic (exact) mass is 203 g/mol. The number of carbonyl (C=O) groups is 1. The number of ether oxygens (including phenoxy) is 1. The van der Waals surface area contributed by atoms with Crippen molar-refractivity contribution in [2.45, 2.75) is 6.10 Å². The number of nitrogens with one attached hydrogen (secondary N) is 1. The zero-order chi connectivity index (χ0) is 9.68. The molecule has 0 aliphatic rings. The summed E-state index contributed by atoms with van der Waals surface area (Å²) in [5, 5.41) is 19.0. The summed E-state index contributed by atoms with van der Waals surface area (Å²) in [5.41, 5.74) is 1.48. The second kappa shape index (κ2) is 4.85. The molecule has 7 heteroatoms. The lowest BCUT2D eigenvalue weighted by Gasteiger charge is -2.07. The Morgan fingerprint density at radius 3 is 3.23 bits per heavy atom. The zero-order valence-corrected chi connectivity index (χ0v) is 7.74. The number of aromatic nitrogens is 2. The quantitative estimate of drug-likeness (QED) is 0.688. The van der Waals surface area contributed by atoms with Gasteiger partial charge in [-0.15, -0.1) is 10.2 Å². The molecule has 0 fully saturated rings. The average molecular weight is 203 g/mol. The van der Waals surface area contributed by atoms with Crippen molar-refractivity contribution in [3.8, 4) is 0 Å². The van der Waals surface area contributed by atoms with E-state index in [2.05, 4.69) is 20.3 Å². The molecular weight excluding hydrogens is 194 g/mol. The van der Waals surface area contributed by atoms with Crippen LogP contribution in [0.25, 0.3) is 0 Å². The molecule has 1 aromatic heterocycles. The van der Waals surface area contributed by atoms with Crippen molar-refractivity contribution in [1.82, 2.24) is 10.2 Å². The largest absolute Gasteiger partial charge is 0.381 e. The molecule has 0 spiro atoms. The number of carbonyl (C=O) groups excluding carboxylic acids is 1. The van der Waals surface area contributed by atoms with E-state index >= 15 is 0 Å². The molecule has 0 bridgehead atoms. The summed E-state index contributed by atoms with van der Waals surface area (Å²) in [6.07, 6.45) is -1.17. The van der Waals surface area contributed by atoms with Crippen LogP contribution in [-0.4, -0.2) is 41.0 Å². The first-order chi connectivity index (χ1) is 6.24. The van der Waals surface area contributed by atoms with Gasteiger partial charge in [-0.2, -0.15) is 0 Å². The minimum Gasteiger partial charge on any atom is -0.381 e. The number of amides is 1. The predicted molar refractivity (Wildman–Crippen MR) is 46.4 cm³/mol. The number of anilines is 1. The van der Waals surface area contributed by atoms with Gasteiger partial charge in [0.25, 0.3) is 5.91 Å². The maximum atomic E-state index is 11.1. The summed E-state index contributed by atoms with van der Waals surface area (Å²) < 4.78 is 4.60. The summed E-state index contributed by atoms with van der Waals surface area (Å²) >= 11 is 1.18. The van der Waals surface area contributed by atoms with Crippen LogP contribution in [0.4, 0.5) is 5.13 Å². The maximum Gasteiger partial charge on any atom is 0.257 e. The topological polar surface area (TPSA) is 84.3 Å². The van der Waals surface area contributed by atoms with Crippen molar-refractivity contribution in [1.29, 1.82) is 0 Å². The van der Waals surface area contributed by atoms with Crippen LogP contribution in [0.1, 0.15) is 0 Å². The zero-order valence-electron chi connectivity index (χ0n) is 6.93. The molecule has 0 aromatic carbocycles. The van der Waals surface area contributed by atoms with E-state index in [1.165, 1.54) is 24.0 Å². The molecule has 0 saturated carbocycles. The van der Waals surface area contributed by atoms with Crippen molar-refractivity contribution >= 4 is 22.4 Å². The molecule has 1 unspecified atom stereocenters. The van der Waals surface area contributed by atoms with Gasteiger partial charge in [0.2, 0.25) is 5.13 Å². The highest BCUT2D eigenvalue weighted by atomic mass is 32.1. The summed E-state index contributed by atoms with van der Waals surface area (Å²) in [6.45, 7) is -0.0371. The van der Waals surface area contributed by atoms with Crippen molar-refractivity contribution in [2.24, 2.45) is 0 Å². The molecule has 1 aromatic rings. The van der Waals surface area contributed by atoms with Gasteiger partial charge < -0.3 is 9.84 Å². The van der Waals surface area contributed by atoms with Crippen LogP contribution in [0.15, 0.2) is 5.51 Å². The normalized spacial score (nSPS) is 12.5. The molecule has 0 aliphatic carbocycles. The van der Waals surface area contributed by atoms with E-state index in [1.807, 2.05) is 0 Å². The molecule has 0 aliphatic heterocycles. The molecule has 1 atom stereocenters. The lowest BCUT2D eigenvalue weighted by molar-refractivity contribution is -0.126. The lowest BCUT2D eigenvalue weighted by Crippen LogP contribution is -2.31. The van der Waals surface area contributed by atoms with Crippen LogP contribution in [0.5, 0.6) is 0 Å². The van der Waals surface area contributed by atoms with Crippen molar-refractivity contribution in [3.63, 3.8) is 0 Å². The SMILES string of the molecule is COCC(O)C(=O)Nc1nncs1. The molecular formula is C6H9N3O3S. The standard InChI is InChI=1S/C6H9N3O3S/c1-12-2-4(10)5(11)8-6-9-7-3-13-6/h3-4,10H,2H2,1H3,(H,8,9,11). The van der Waals surface area contributed by atoms with Crippen LogP contribution < -0.4 is 5.32 Å². The first-order valence-electron chi connectivity index (χ1n) is 3.48. The lowest BCUT2D eigenvalue weighted by atomic mass is 10.3. The third-order valence-electron chi connectivity index (χ3n) is 1.22. The number of nitrogens with zero attached hydrogens (tertiary/aromatic N) is 2. The van der Waals surface area contributed by atoms with Gasteiger partial charge in [0.15, 0.2) is 6.10 Å². The van der Waals surface area contributed by atoms with Gasteiger partial charge in [0.05, 0.1) is 6.61 Å². The van der Waals surface area contributed by atoms with Gasteiger partial charge >= 0.3 is 0 Å². The Kier molecular flexibility index (Phi) is 3.74. The number of hydrogen-bond donors (Lipinski definition) is 2. The molecule has 13 heavy (non-hydrogen) atoms. The number of rotatable bonds is 4. The number of methoxy groups -OCH3 is 1. The Labute approximate surface area is 78.6 Å². The van der Waals surface area contributed by atoms with E-state index in [9.17, 15) is 4.79 Å². The summed E-state index contributed by atoms with van der Waals surface area (Å²) in [6, 6.07) is 0. The molecule has 72 valence electrons. The van der Waals surface area contributed by atoms with Gasteiger partial charge in [-0.3, -0.25) is 10.1 Å². The van der Waals surface area contributed by atoms with Crippen molar-refractivity contribution in [2.75, 3.05) is 19.0 Å². The molecule has 1 heterocycles. The number of aliphatic hydroxyl groups excluding tert-OH is 1.